The fourth-order valence-corrected chi connectivity index (χ4v) is 1.75. The van der Waals surface area contributed by atoms with Gasteiger partial charge in [0.05, 0.1) is 0 Å². The van der Waals surface area contributed by atoms with Crippen molar-refractivity contribution in [3.63, 3.8) is 0 Å². The van der Waals surface area contributed by atoms with Crippen LogP contribution in [-0.4, -0.2) is 23.9 Å². The average molecular weight is 246 g/mol. The zero-order valence-electron chi connectivity index (χ0n) is 11.2. The normalized spacial score (nSPS) is 10.8. The number of nitrogens with zero attached hydrogens (tertiary/aromatic N) is 1. The predicted molar refractivity (Wildman–Crippen MR) is 77.1 cm³/mol. The second-order valence-electron chi connectivity index (χ2n) is 4.33. The third-order valence-electron chi connectivity index (χ3n) is 2.65. The summed E-state index contributed by atoms with van der Waals surface area (Å²) in [6.07, 6.45) is 5.44. The van der Waals surface area contributed by atoms with Crippen LogP contribution < -0.4 is 5.73 Å². The van der Waals surface area contributed by atoms with E-state index in [2.05, 4.69) is 13.8 Å². The fourth-order valence-electron chi connectivity index (χ4n) is 1.75. The molecule has 3 heteroatoms. The van der Waals surface area contributed by atoms with Gasteiger partial charge in [-0.15, -0.1) is 0 Å². The van der Waals surface area contributed by atoms with Crippen LogP contribution in [0.1, 0.15) is 32.3 Å². The third-order valence-corrected chi connectivity index (χ3v) is 2.65. The molecule has 18 heavy (non-hydrogen) atoms. The zero-order valence-corrected chi connectivity index (χ0v) is 11.2. The molecule has 0 aromatic heterocycles. The van der Waals surface area contributed by atoms with Crippen molar-refractivity contribution >= 4 is 17.7 Å². The molecule has 2 N–H and O–H groups in total. The summed E-state index contributed by atoms with van der Waals surface area (Å²) in [5, 5.41) is 0. The number of nitrogens with two attached hydrogens (primary N) is 1. The molecule has 0 spiro atoms. The van der Waals surface area contributed by atoms with Crippen molar-refractivity contribution in [2.75, 3.05) is 18.8 Å². The molecule has 1 aromatic rings. The Bertz CT molecular complexity index is 389. The van der Waals surface area contributed by atoms with Crippen molar-refractivity contribution in [3.05, 3.63) is 35.9 Å². The van der Waals surface area contributed by atoms with Gasteiger partial charge >= 0.3 is 0 Å². The number of anilines is 1. The van der Waals surface area contributed by atoms with E-state index in [1.807, 2.05) is 35.2 Å². The maximum Gasteiger partial charge on any atom is 0.246 e. The lowest BCUT2D eigenvalue weighted by atomic mass is 10.2. The van der Waals surface area contributed by atoms with E-state index in [0.717, 1.165) is 37.2 Å². The largest absolute Gasteiger partial charge is 0.399 e. The van der Waals surface area contributed by atoms with E-state index in [-0.39, 0.29) is 5.91 Å². The minimum absolute atomic E-state index is 0.0792. The summed E-state index contributed by atoms with van der Waals surface area (Å²) >= 11 is 0. The quantitative estimate of drug-likeness (QED) is 0.619. The first-order valence-electron chi connectivity index (χ1n) is 6.50. The van der Waals surface area contributed by atoms with E-state index >= 15 is 0 Å². The topological polar surface area (TPSA) is 46.3 Å². The molecule has 0 saturated heterocycles. The molecule has 0 saturated carbocycles. The van der Waals surface area contributed by atoms with Gasteiger partial charge in [0, 0.05) is 24.9 Å². The second kappa shape index (κ2) is 7.54. The van der Waals surface area contributed by atoms with Gasteiger partial charge in [-0.25, -0.2) is 0 Å². The van der Waals surface area contributed by atoms with Crippen molar-refractivity contribution in [2.24, 2.45) is 0 Å². The van der Waals surface area contributed by atoms with Gasteiger partial charge in [-0.2, -0.15) is 0 Å². The van der Waals surface area contributed by atoms with Crippen LogP contribution in [0.25, 0.3) is 6.08 Å². The summed E-state index contributed by atoms with van der Waals surface area (Å²) in [5.41, 5.74) is 7.34. The number of amides is 1. The third kappa shape index (κ3) is 4.62. The van der Waals surface area contributed by atoms with Gasteiger partial charge in [0.2, 0.25) is 5.91 Å². The van der Waals surface area contributed by atoms with Gasteiger partial charge in [0.1, 0.15) is 0 Å². The van der Waals surface area contributed by atoms with E-state index in [1.54, 1.807) is 6.08 Å². The highest BCUT2D eigenvalue weighted by Gasteiger charge is 2.07. The molecule has 0 atom stereocenters. The maximum atomic E-state index is 12.0. The Morgan fingerprint density at radius 1 is 1.17 bits per heavy atom. The zero-order chi connectivity index (χ0) is 13.4. The second-order valence-corrected chi connectivity index (χ2v) is 4.33. The molecule has 0 aliphatic heterocycles. The van der Waals surface area contributed by atoms with Crippen molar-refractivity contribution in [2.45, 2.75) is 26.7 Å². The Hall–Kier alpha value is -1.77. The standard InChI is InChI=1S/C15H22N2O/c1-3-11-17(12-4-2)15(18)10-7-13-5-8-14(16)9-6-13/h5-10H,3-4,11-12,16H2,1-2H3/b10-7+. The Balaban J connectivity index is 2.63. The van der Waals surface area contributed by atoms with E-state index in [9.17, 15) is 4.79 Å². The summed E-state index contributed by atoms with van der Waals surface area (Å²) in [6, 6.07) is 7.48. The predicted octanol–water partition coefficient (Wildman–Crippen LogP) is 2.93. The van der Waals surface area contributed by atoms with Crippen molar-refractivity contribution in [3.8, 4) is 0 Å². The summed E-state index contributed by atoms with van der Waals surface area (Å²) in [6.45, 7) is 5.80. The molecule has 0 bridgehead atoms. The summed E-state index contributed by atoms with van der Waals surface area (Å²) in [4.78, 5) is 13.9. The van der Waals surface area contributed by atoms with Crippen LogP contribution in [0.4, 0.5) is 5.69 Å². The Labute approximate surface area is 109 Å². The van der Waals surface area contributed by atoms with Crippen LogP contribution in [0.2, 0.25) is 0 Å². The van der Waals surface area contributed by atoms with Gasteiger partial charge in [-0.3, -0.25) is 4.79 Å². The lowest BCUT2D eigenvalue weighted by Gasteiger charge is -2.19. The Kier molecular flexibility index (Phi) is 5.98. The first-order valence-corrected chi connectivity index (χ1v) is 6.50. The molecule has 1 amide bonds. The number of carbonyl (C=O) groups is 1. The number of carbonyl (C=O) groups excluding carboxylic acids is 1. The number of benzene rings is 1. The van der Waals surface area contributed by atoms with Crippen LogP contribution in [0.3, 0.4) is 0 Å². The summed E-state index contributed by atoms with van der Waals surface area (Å²) < 4.78 is 0. The lowest BCUT2D eigenvalue weighted by Crippen LogP contribution is -2.30. The monoisotopic (exact) mass is 246 g/mol. The first-order chi connectivity index (χ1) is 8.67. The molecule has 0 aliphatic carbocycles. The SMILES string of the molecule is CCCN(CCC)C(=O)/C=C/c1ccc(N)cc1. The molecule has 0 heterocycles. The maximum absolute atomic E-state index is 12.0. The van der Waals surface area contributed by atoms with Crippen molar-refractivity contribution in [1.82, 2.24) is 4.90 Å². The minimum atomic E-state index is 0.0792. The number of hydrogen-bond acceptors (Lipinski definition) is 2. The molecule has 1 rings (SSSR count). The highest BCUT2D eigenvalue weighted by Crippen LogP contribution is 2.07. The number of hydrogen-bond donors (Lipinski definition) is 1. The van der Waals surface area contributed by atoms with Crippen LogP contribution >= 0.6 is 0 Å². The molecule has 0 aliphatic rings. The van der Waals surface area contributed by atoms with Crippen molar-refractivity contribution < 1.29 is 4.79 Å². The van der Waals surface area contributed by atoms with E-state index < -0.39 is 0 Å². The molecule has 1 aromatic carbocycles. The molecular formula is C15H22N2O. The van der Waals surface area contributed by atoms with Gasteiger partial charge in [0.25, 0.3) is 0 Å². The van der Waals surface area contributed by atoms with Crippen LogP contribution in [0.15, 0.2) is 30.3 Å². The Morgan fingerprint density at radius 2 is 1.72 bits per heavy atom. The fraction of sp³-hybridized carbons (Fsp3) is 0.400. The number of nitrogen functional groups attached to an aromatic ring is 1. The highest BCUT2D eigenvalue weighted by atomic mass is 16.2. The first kappa shape index (κ1) is 14.3. The minimum Gasteiger partial charge on any atom is -0.399 e. The molecule has 0 unspecified atom stereocenters. The van der Waals surface area contributed by atoms with Crippen LogP contribution in [0.5, 0.6) is 0 Å². The van der Waals surface area contributed by atoms with Gasteiger partial charge in [-0.05, 0) is 36.6 Å². The summed E-state index contributed by atoms with van der Waals surface area (Å²) in [5.74, 6) is 0.0792. The van der Waals surface area contributed by atoms with Crippen molar-refractivity contribution in [1.29, 1.82) is 0 Å². The van der Waals surface area contributed by atoms with E-state index in [4.69, 9.17) is 5.73 Å². The molecule has 0 fully saturated rings. The Morgan fingerprint density at radius 3 is 2.22 bits per heavy atom. The van der Waals surface area contributed by atoms with Crippen LogP contribution in [0, 0.1) is 0 Å². The highest BCUT2D eigenvalue weighted by molar-refractivity contribution is 5.91. The average Bonchev–Trinajstić information content (AvgIpc) is 2.37. The summed E-state index contributed by atoms with van der Waals surface area (Å²) in [7, 11) is 0. The molecule has 98 valence electrons. The van der Waals surface area contributed by atoms with Gasteiger partial charge < -0.3 is 10.6 Å². The van der Waals surface area contributed by atoms with Gasteiger partial charge in [-0.1, -0.05) is 26.0 Å². The van der Waals surface area contributed by atoms with Crippen LogP contribution in [-0.2, 0) is 4.79 Å². The molecule has 0 radical (unpaired) electrons. The number of rotatable bonds is 6. The molecular weight excluding hydrogens is 224 g/mol. The molecule has 3 nitrogen and oxygen atoms in total. The lowest BCUT2D eigenvalue weighted by molar-refractivity contribution is -0.126. The van der Waals surface area contributed by atoms with E-state index in [1.165, 1.54) is 0 Å². The van der Waals surface area contributed by atoms with E-state index in [0.29, 0.717) is 0 Å². The van der Waals surface area contributed by atoms with Gasteiger partial charge in [0.15, 0.2) is 0 Å². The smallest absolute Gasteiger partial charge is 0.246 e.